The fourth-order valence-corrected chi connectivity index (χ4v) is 4.25. The summed E-state index contributed by atoms with van der Waals surface area (Å²) in [4.78, 5) is 86.8. The van der Waals surface area contributed by atoms with Crippen LogP contribution in [-0.2, 0) is 47.8 Å². The van der Waals surface area contributed by atoms with Crippen molar-refractivity contribution in [3.8, 4) is 0 Å². The number of benzene rings is 4. The molecule has 4 aromatic rings. The zero-order chi connectivity index (χ0) is 40.7. The van der Waals surface area contributed by atoms with Crippen molar-refractivity contribution in [3.05, 3.63) is 194 Å². The van der Waals surface area contributed by atoms with Gasteiger partial charge in [0.1, 0.15) is 0 Å². The van der Waals surface area contributed by atoms with E-state index in [1.165, 1.54) is 35.4 Å². The first-order chi connectivity index (χ1) is 27.0. The monoisotopic (exact) mass is 750 g/mol. The smallest absolute Gasteiger partial charge is 0.338 e. The van der Waals surface area contributed by atoms with Crippen LogP contribution < -0.4 is 9.80 Å². The summed E-state index contributed by atoms with van der Waals surface area (Å²) < 4.78 is 7.94. The first kappa shape index (κ1) is 42.3. The van der Waals surface area contributed by atoms with Crippen LogP contribution >= 0.6 is 0 Å². The Labute approximate surface area is 322 Å². The Hall–Kier alpha value is -8.12. The Balaban J connectivity index is 0.000000184. The number of carbonyl (C=O) groups is 8. The van der Waals surface area contributed by atoms with Gasteiger partial charge in [-0.15, -0.1) is 0 Å². The van der Waals surface area contributed by atoms with E-state index in [-0.39, 0.29) is 23.6 Å². The summed E-state index contributed by atoms with van der Waals surface area (Å²) in [6, 6.07) is 37.8. The molecule has 0 N–H and O–H groups in total. The summed E-state index contributed by atoms with van der Waals surface area (Å²) in [6.45, 7) is 7.26. The molecule has 0 fully saturated rings. The van der Waals surface area contributed by atoms with Gasteiger partial charge >= 0.3 is 23.9 Å². The minimum absolute atomic E-state index is 0.281. The van der Waals surface area contributed by atoms with Crippen LogP contribution in [0.1, 0.15) is 11.1 Å². The van der Waals surface area contributed by atoms with Gasteiger partial charge in [0.2, 0.25) is 0 Å². The maximum absolute atomic E-state index is 11.2. The normalized spacial score (nSPS) is 14.1. The van der Waals surface area contributed by atoms with E-state index in [1.54, 1.807) is 48.5 Å². The fourth-order valence-electron chi connectivity index (χ4n) is 4.25. The predicted molar refractivity (Wildman–Crippen MR) is 210 cm³/mol. The number of nitrogens with zero attached hydrogens (tertiary/aromatic N) is 2. The molecule has 4 aliphatic rings. The second-order valence-electron chi connectivity index (χ2n) is 10.7. The lowest BCUT2D eigenvalue weighted by atomic mass is 10.2. The molecule has 0 aliphatic carbocycles. The van der Waals surface area contributed by atoms with Gasteiger partial charge in [-0.2, -0.15) is 0 Å². The molecule has 4 aliphatic heterocycles. The molecule has 0 atom stereocenters. The number of hydrogen-bond acceptors (Lipinski definition) is 10. The lowest BCUT2D eigenvalue weighted by Crippen LogP contribution is -2.29. The molecule has 280 valence electrons. The van der Waals surface area contributed by atoms with Gasteiger partial charge in [0.15, 0.2) is 0 Å². The van der Waals surface area contributed by atoms with Gasteiger partial charge < -0.3 is 9.47 Å². The standard InChI is InChI=1S/2C10H7NO2.2C8H8.2C4H2O3/c2*12-9-6-7-10(13)11(9)8-4-2-1-3-5-8;2*1-2-8-6-4-3-5-7-8;2*5-3-1-2-4(6)7-3/h2*1-7H;2*2-7H,1H2;2*1-2H. The minimum atomic E-state index is -0.579. The maximum atomic E-state index is 11.2. The Morgan fingerprint density at radius 2 is 0.571 bits per heavy atom. The van der Waals surface area contributed by atoms with Crippen molar-refractivity contribution in [1.82, 2.24) is 0 Å². The van der Waals surface area contributed by atoms with E-state index in [0.717, 1.165) is 34.1 Å². The van der Waals surface area contributed by atoms with Crippen molar-refractivity contribution in [2.24, 2.45) is 0 Å². The Morgan fingerprint density at radius 3 is 0.750 bits per heavy atom. The number of para-hydroxylation sites is 2. The van der Waals surface area contributed by atoms with Crippen LogP contribution in [0.15, 0.2) is 183 Å². The molecule has 8 rings (SSSR count). The minimum Gasteiger partial charge on any atom is -0.387 e. The fraction of sp³-hybridized carbons (Fsp3) is 0. The highest BCUT2D eigenvalue weighted by molar-refractivity contribution is 6.28. The van der Waals surface area contributed by atoms with Crippen LogP contribution in [0.3, 0.4) is 0 Å². The van der Waals surface area contributed by atoms with E-state index < -0.39 is 23.9 Å². The van der Waals surface area contributed by atoms with Crippen LogP contribution in [0.2, 0.25) is 0 Å². The van der Waals surface area contributed by atoms with Crippen LogP contribution in [0.5, 0.6) is 0 Å². The number of carbonyl (C=O) groups excluding carboxylic acids is 8. The molecule has 0 spiro atoms. The molecule has 12 nitrogen and oxygen atoms in total. The summed E-state index contributed by atoms with van der Waals surface area (Å²) in [7, 11) is 0. The highest BCUT2D eigenvalue weighted by Gasteiger charge is 2.25. The number of cyclic esters (lactones) is 4. The van der Waals surface area contributed by atoms with Crippen molar-refractivity contribution in [2.45, 2.75) is 0 Å². The Morgan fingerprint density at radius 1 is 0.339 bits per heavy atom. The van der Waals surface area contributed by atoms with Crippen molar-refractivity contribution < 1.29 is 47.8 Å². The SMILES string of the molecule is C=Cc1ccccc1.C=Cc1ccccc1.O=C1C=CC(=O)N1c1ccccc1.O=C1C=CC(=O)N1c1ccccc1.O=C1C=CC(=O)O1.O=C1C=CC(=O)O1. The third kappa shape index (κ3) is 14.5. The van der Waals surface area contributed by atoms with Crippen LogP contribution in [0, 0.1) is 0 Å². The van der Waals surface area contributed by atoms with Crippen LogP contribution in [0.4, 0.5) is 11.4 Å². The van der Waals surface area contributed by atoms with Gasteiger partial charge in [-0.1, -0.05) is 122 Å². The summed E-state index contributed by atoms with van der Waals surface area (Å²) in [5.41, 5.74) is 3.57. The second-order valence-corrected chi connectivity index (χ2v) is 10.7. The third-order valence-electron chi connectivity index (χ3n) is 6.83. The van der Waals surface area contributed by atoms with E-state index in [0.29, 0.717) is 11.4 Å². The van der Waals surface area contributed by atoms with E-state index in [2.05, 4.69) is 22.6 Å². The van der Waals surface area contributed by atoms with Crippen LogP contribution in [0.25, 0.3) is 12.2 Å². The van der Waals surface area contributed by atoms with Gasteiger partial charge in [-0.25, -0.2) is 29.0 Å². The third-order valence-corrected chi connectivity index (χ3v) is 6.83. The summed E-state index contributed by atoms with van der Waals surface area (Å²) in [5.74, 6) is -3.44. The average Bonchev–Trinajstić information content (AvgIpc) is 4.00. The van der Waals surface area contributed by atoms with Gasteiger partial charge in [-0.3, -0.25) is 19.2 Å². The molecule has 0 aromatic heterocycles. The van der Waals surface area contributed by atoms with Crippen LogP contribution in [-0.4, -0.2) is 47.5 Å². The molecule has 4 heterocycles. The molecule has 56 heavy (non-hydrogen) atoms. The molecule has 0 bridgehead atoms. The highest BCUT2D eigenvalue weighted by atomic mass is 16.6. The molecule has 12 heteroatoms. The topological polar surface area (TPSA) is 162 Å². The molecular formula is C44H34N2O10. The van der Waals surface area contributed by atoms with E-state index in [4.69, 9.17) is 0 Å². The van der Waals surface area contributed by atoms with E-state index in [1.807, 2.05) is 84.9 Å². The first-order valence-corrected chi connectivity index (χ1v) is 16.5. The van der Waals surface area contributed by atoms with Gasteiger partial charge in [-0.05, 0) is 35.4 Å². The zero-order valence-electron chi connectivity index (χ0n) is 29.7. The van der Waals surface area contributed by atoms with Gasteiger partial charge in [0.25, 0.3) is 23.6 Å². The van der Waals surface area contributed by atoms with Crippen molar-refractivity contribution >= 4 is 71.0 Å². The second kappa shape index (κ2) is 22.7. The Kier molecular flexibility index (Phi) is 17.2. The number of rotatable bonds is 4. The molecule has 0 radical (unpaired) electrons. The lowest BCUT2D eigenvalue weighted by Gasteiger charge is -2.12. The predicted octanol–water partition coefficient (Wildman–Crippen LogP) is 6.14. The zero-order valence-corrected chi connectivity index (χ0v) is 29.7. The largest absolute Gasteiger partial charge is 0.387 e. The molecule has 0 unspecified atom stereocenters. The quantitative estimate of drug-likeness (QED) is 0.135. The number of amides is 4. The molecule has 4 amide bonds. The number of anilines is 2. The summed E-state index contributed by atoms with van der Waals surface area (Å²) >= 11 is 0. The highest BCUT2D eigenvalue weighted by Crippen LogP contribution is 2.18. The maximum Gasteiger partial charge on any atom is 0.338 e. The van der Waals surface area contributed by atoms with E-state index >= 15 is 0 Å². The first-order valence-electron chi connectivity index (χ1n) is 16.5. The average molecular weight is 751 g/mol. The van der Waals surface area contributed by atoms with Crippen molar-refractivity contribution in [2.75, 3.05) is 9.80 Å². The van der Waals surface area contributed by atoms with Crippen molar-refractivity contribution in [1.29, 1.82) is 0 Å². The van der Waals surface area contributed by atoms with Gasteiger partial charge in [0.05, 0.1) is 11.4 Å². The van der Waals surface area contributed by atoms with Crippen molar-refractivity contribution in [3.63, 3.8) is 0 Å². The Bertz CT molecular complexity index is 1950. The molecule has 0 saturated heterocycles. The number of esters is 4. The number of imide groups is 2. The van der Waals surface area contributed by atoms with Gasteiger partial charge in [0, 0.05) is 48.6 Å². The molecule has 0 saturated carbocycles. The van der Waals surface area contributed by atoms with E-state index in [9.17, 15) is 38.4 Å². The summed E-state index contributed by atoms with van der Waals surface area (Å²) in [5, 5.41) is 0. The number of ether oxygens (including phenoxy) is 2. The number of hydrogen-bond donors (Lipinski definition) is 0. The lowest BCUT2D eigenvalue weighted by molar-refractivity contribution is -0.151. The molecule has 4 aromatic carbocycles. The summed E-state index contributed by atoms with van der Waals surface area (Å²) in [6.07, 6.45) is 13.1. The molecular weight excluding hydrogens is 716 g/mol.